The molecule has 0 N–H and O–H groups in total. The number of rotatable bonds is 5. The van der Waals surface area contributed by atoms with E-state index in [9.17, 15) is 4.79 Å². The molecule has 118 valence electrons. The van der Waals surface area contributed by atoms with Gasteiger partial charge in [-0.2, -0.15) is 0 Å². The van der Waals surface area contributed by atoms with Gasteiger partial charge >= 0.3 is 5.97 Å². The highest BCUT2D eigenvalue weighted by atomic mass is 16.5. The topological polar surface area (TPSA) is 43.7 Å². The minimum atomic E-state index is -0.201. The van der Waals surface area contributed by atoms with Gasteiger partial charge in [-0.05, 0) is 38.7 Å². The second-order valence-corrected chi connectivity index (χ2v) is 6.00. The van der Waals surface area contributed by atoms with E-state index in [-0.39, 0.29) is 5.97 Å². The molecule has 2 aromatic rings. The predicted molar refractivity (Wildman–Crippen MR) is 85.3 cm³/mol. The van der Waals surface area contributed by atoms with Crippen molar-refractivity contribution in [1.82, 2.24) is 9.47 Å². The second-order valence-electron chi connectivity index (χ2n) is 6.00. The first kappa shape index (κ1) is 14.9. The average molecular weight is 302 g/mol. The van der Waals surface area contributed by atoms with E-state index in [0.717, 1.165) is 30.1 Å². The number of aromatic nitrogens is 1. The van der Waals surface area contributed by atoms with Crippen LogP contribution in [0.2, 0.25) is 0 Å². The number of esters is 1. The van der Waals surface area contributed by atoms with Crippen molar-refractivity contribution in [3.63, 3.8) is 0 Å². The summed E-state index contributed by atoms with van der Waals surface area (Å²) in [6.45, 7) is 4.56. The molecule has 0 atom stereocenters. The van der Waals surface area contributed by atoms with Gasteiger partial charge in [0.25, 0.3) is 0 Å². The van der Waals surface area contributed by atoms with Gasteiger partial charge in [-0.3, -0.25) is 4.79 Å². The molecule has 0 saturated carbocycles. The maximum absolute atomic E-state index is 11.8. The van der Waals surface area contributed by atoms with Crippen LogP contribution in [0.15, 0.2) is 12.1 Å². The highest BCUT2D eigenvalue weighted by Crippen LogP contribution is 2.40. The van der Waals surface area contributed by atoms with E-state index in [4.69, 9.17) is 9.47 Å². The largest absolute Gasteiger partial charge is 0.488 e. The first-order valence-electron chi connectivity index (χ1n) is 7.50. The second kappa shape index (κ2) is 5.65. The molecule has 5 nitrogen and oxygen atoms in total. The Bertz CT molecular complexity index is 731. The number of carbonyl (C=O) groups is 1. The Balaban J connectivity index is 2.13. The summed E-state index contributed by atoms with van der Waals surface area (Å²) >= 11 is 0. The van der Waals surface area contributed by atoms with Crippen molar-refractivity contribution in [3.05, 3.63) is 29.0 Å². The van der Waals surface area contributed by atoms with Crippen LogP contribution in [-0.4, -0.2) is 43.2 Å². The quantitative estimate of drug-likeness (QED) is 0.794. The average Bonchev–Trinajstić information content (AvgIpc) is 2.69. The van der Waals surface area contributed by atoms with E-state index in [1.165, 1.54) is 23.6 Å². The van der Waals surface area contributed by atoms with Crippen LogP contribution in [0, 0.1) is 6.92 Å². The highest BCUT2D eigenvalue weighted by Gasteiger charge is 2.25. The number of carbonyl (C=O) groups excluding carboxylic acids is 1. The van der Waals surface area contributed by atoms with Crippen LogP contribution in [0.3, 0.4) is 0 Å². The van der Waals surface area contributed by atoms with Gasteiger partial charge < -0.3 is 18.9 Å². The number of benzene rings is 1. The molecule has 0 radical (unpaired) electrons. The molecule has 0 saturated heterocycles. The van der Waals surface area contributed by atoms with Crippen LogP contribution in [0.5, 0.6) is 5.75 Å². The predicted octanol–water partition coefficient (Wildman–Crippen LogP) is 2.12. The van der Waals surface area contributed by atoms with Gasteiger partial charge in [-0.15, -0.1) is 0 Å². The van der Waals surface area contributed by atoms with E-state index >= 15 is 0 Å². The van der Waals surface area contributed by atoms with E-state index in [1.54, 1.807) is 0 Å². The fourth-order valence-corrected chi connectivity index (χ4v) is 3.07. The molecule has 0 unspecified atom stereocenters. The zero-order valence-electron chi connectivity index (χ0n) is 13.6. The molecule has 0 bridgehead atoms. The van der Waals surface area contributed by atoms with Crippen LogP contribution in [-0.2, 0) is 29.1 Å². The molecular formula is C17H22N2O3. The van der Waals surface area contributed by atoms with Crippen molar-refractivity contribution in [2.24, 2.45) is 0 Å². The van der Waals surface area contributed by atoms with Gasteiger partial charge in [0.1, 0.15) is 12.4 Å². The third kappa shape index (κ3) is 2.35. The summed E-state index contributed by atoms with van der Waals surface area (Å²) in [5.41, 5.74) is 4.60. The summed E-state index contributed by atoms with van der Waals surface area (Å²) in [5.74, 6) is 0.732. The zero-order chi connectivity index (χ0) is 15.9. The first-order valence-corrected chi connectivity index (χ1v) is 7.50. The number of likely N-dealkylation sites (N-methyl/N-ethyl adjacent to an activating group) is 1. The maximum Gasteiger partial charge on any atom is 0.310 e. The van der Waals surface area contributed by atoms with Gasteiger partial charge in [0.2, 0.25) is 0 Å². The Morgan fingerprint density at radius 1 is 1.41 bits per heavy atom. The van der Waals surface area contributed by atoms with Gasteiger partial charge in [-0.1, -0.05) is 0 Å². The molecule has 0 spiro atoms. The molecule has 3 rings (SSSR count). The molecule has 1 aliphatic heterocycles. The Morgan fingerprint density at radius 3 is 2.77 bits per heavy atom. The monoisotopic (exact) mass is 302 g/mol. The lowest BCUT2D eigenvalue weighted by atomic mass is 10.00. The third-order valence-electron chi connectivity index (χ3n) is 4.37. The number of hydrogen-bond acceptors (Lipinski definition) is 4. The molecule has 0 aliphatic carbocycles. The van der Waals surface area contributed by atoms with Crippen molar-refractivity contribution in [3.8, 4) is 5.75 Å². The molecule has 2 heterocycles. The minimum Gasteiger partial charge on any atom is -0.488 e. The molecule has 1 aromatic heterocycles. The van der Waals surface area contributed by atoms with Crippen molar-refractivity contribution in [1.29, 1.82) is 0 Å². The van der Waals surface area contributed by atoms with E-state index in [1.807, 2.05) is 6.07 Å². The van der Waals surface area contributed by atoms with Crippen molar-refractivity contribution in [2.45, 2.75) is 26.5 Å². The summed E-state index contributed by atoms with van der Waals surface area (Å²) in [6, 6.07) is 4.12. The Hall–Kier alpha value is -2.01. The molecule has 5 heteroatoms. The lowest BCUT2D eigenvalue weighted by molar-refractivity contribution is -0.139. The fourth-order valence-electron chi connectivity index (χ4n) is 3.07. The number of ether oxygens (including phenoxy) is 2. The van der Waals surface area contributed by atoms with Crippen LogP contribution in [0.25, 0.3) is 10.9 Å². The molecule has 1 aromatic carbocycles. The summed E-state index contributed by atoms with van der Waals surface area (Å²) in [6.07, 6.45) is 0.310. The maximum atomic E-state index is 11.8. The highest BCUT2D eigenvalue weighted by molar-refractivity contribution is 5.94. The number of fused-ring (bicyclic) bond motifs is 3. The first-order chi connectivity index (χ1) is 10.5. The Morgan fingerprint density at radius 2 is 2.18 bits per heavy atom. The van der Waals surface area contributed by atoms with E-state index < -0.39 is 0 Å². The molecule has 0 fully saturated rings. The number of methoxy groups -OCH3 is 1. The molecule has 0 amide bonds. The summed E-state index contributed by atoms with van der Waals surface area (Å²) in [7, 11) is 5.57. The van der Waals surface area contributed by atoms with E-state index in [0.29, 0.717) is 13.0 Å². The van der Waals surface area contributed by atoms with Gasteiger partial charge in [-0.25, -0.2) is 0 Å². The standard InChI is InChI=1S/C17H22N2O3/c1-11-12(9-16(20)21-4)17-13-10-22-15(13)6-5-14(17)19(11)8-7-18(2)3/h5-6H,7-10H2,1-4H3. The van der Waals surface area contributed by atoms with Gasteiger partial charge in [0, 0.05) is 35.2 Å². The Kier molecular flexibility index (Phi) is 3.83. The lowest BCUT2D eigenvalue weighted by Gasteiger charge is -2.22. The lowest BCUT2D eigenvalue weighted by Crippen LogP contribution is -2.19. The third-order valence-corrected chi connectivity index (χ3v) is 4.37. The molecule has 22 heavy (non-hydrogen) atoms. The Labute approximate surface area is 130 Å². The van der Waals surface area contributed by atoms with Crippen molar-refractivity contribution >= 4 is 16.9 Å². The number of hydrogen-bond donors (Lipinski definition) is 0. The summed E-state index contributed by atoms with van der Waals surface area (Å²) < 4.78 is 12.6. The fraction of sp³-hybridized carbons (Fsp3) is 0.471. The normalized spacial score (nSPS) is 13.0. The van der Waals surface area contributed by atoms with Gasteiger partial charge in [0.05, 0.1) is 13.5 Å². The van der Waals surface area contributed by atoms with Crippen molar-refractivity contribution in [2.75, 3.05) is 27.7 Å². The minimum absolute atomic E-state index is 0.201. The summed E-state index contributed by atoms with van der Waals surface area (Å²) in [5, 5.41) is 1.17. The SMILES string of the molecule is COC(=O)Cc1c(C)n(CCN(C)C)c2ccc3c(c12)CO3. The summed E-state index contributed by atoms with van der Waals surface area (Å²) in [4.78, 5) is 14.0. The van der Waals surface area contributed by atoms with E-state index in [2.05, 4.69) is 36.6 Å². The molecule has 1 aliphatic rings. The van der Waals surface area contributed by atoms with Crippen LogP contribution in [0.1, 0.15) is 16.8 Å². The smallest absolute Gasteiger partial charge is 0.310 e. The van der Waals surface area contributed by atoms with Gasteiger partial charge in [0.15, 0.2) is 0 Å². The number of nitrogens with zero attached hydrogens (tertiary/aromatic N) is 2. The van der Waals surface area contributed by atoms with Crippen LogP contribution >= 0.6 is 0 Å². The van der Waals surface area contributed by atoms with Crippen LogP contribution in [0.4, 0.5) is 0 Å². The van der Waals surface area contributed by atoms with Crippen molar-refractivity contribution < 1.29 is 14.3 Å². The molecular weight excluding hydrogens is 280 g/mol. The van der Waals surface area contributed by atoms with Crippen LogP contribution < -0.4 is 4.74 Å². The zero-order valence-corrected chi connectivity index (χ0v) is 13.6.